The van der Waals surface area contributed by atoms with Gasteiger partial charge in [-0.15, -0.1) is 0 Å². The molecule has 0 spiro atoms. The summed E-state index contributed by atoms with van der Waals surface area (Å²) in [4.78, 5) is 35.4. The van der Waals surface area contributed by atoms with Gasteiger partial charge in [0.25, 0.3) is 5.91 Å². The lowest BCUT2D eigenvalue weighted by Crippen LogP contribution is -2.44. The summed E-state index contributed by atoms with van der Waals surface area (Å²) < 4.78 is 32.3. The molecule has 2 N–H and O–H groups in total. The number of benzene rings is 2. The number of hydrogen-bond acceptors (Lipinski definition) is 6. The van der Waals surface area contributed by atoms with Crippen LogP contribution in [0.4, 0.5) is 4.79 Å². The van der Waals surface area contributed by atoms with Crippen LogP contribution in [0.5, 0.6) is 0 Å². The molecule has 9 nitrogen and oxygen atoms in total. The first-order chi connectivity index (χ1) is 15.2. The molecule has 32 heavy (non-hydrogen) atoms. The molecule has 0 unspecified atom stereocenters. The highest BCUT2D eigenvalue weighted by Gasteiger charge is 2.28. The quantitative estimate of drug-likeness (QED) is 0.636. The molecule has 2 aromatic rings. The number of fused-ring (bicyclic) bond motifs is 1. The molecule has 0 bridgehead atoms. The highest BCUT2D eigenvalue weighted by Crippen LogP contribution is 2.25. The number of nitrogens with zero attached hydrogens (tertiary/aromatic N) is 1. The van der Waals surface area contributed by atoms with Crippen LogP contribution < -0.4 is 10.6 Å². The van der Waals surface area contributed by atoms with Crippen LogP contribution in [0.3, 0.4) is 0 Å². The minimum absolute atomic E-state index is 0.0662. The van der Waals surface area contributed by atoms with Crippen molar-refractivity contribution in [2.75, 3.05) is 13.2 Å². The van der Waals surface area contributed by atoms with Crippen molar-refractivity contribution in [1.82, 2.24) is 14.9 Å². The second kappa shape index (κ2) is 9.92. The highest BCUT2D eigenvalue weighted by molar-refractivity contribution is 7.89. The van der Waals surface area contributed by atoms with Crippen molar-refractivity contribution >= 4 is 27.9 Å². The van der Waals surface area contributed by atoms with Crippen molar-refractivity contribution in [2.45, 2.75) is 37.8 Å². The number of nitrogens with one attached hydrogen (secondary N) is 2. The second-order valence-corrected chi connectivity index (χ2v) is 9.57. The van der Waals surface area contributed by atoms with Gasteiger partial charge in [0.05, 0.1) is 10.5 Å². The van der Waals surface area contributed by atoms with Crippen LogP contribution in [-0.2, 0) is 32.5 Å². The fourth-order valence-corrected chi connectivity index (χ4v) is 4.68. The minimum atomic E-state index is -3.72. The van der Waals surface area contributed by atoms with Crippen molar-refractivity contribution in [1.29, 1.82) is 0 Å². The van der Waals surface area contributed by atoms with Crippen molar-refractivity contribution in [2.24, 2.45) is 0 Å². The molecular formula is C22H25N3O6S. The largest absolute Gasteiger partial charge is 0.452 e. The molecule has 3 amide bonds. The van der Waals surface area contributed by atoms with Gasteiger partial charge in [0.15, 0.2) is 6.61 Å². The van der Waals surface area contributed by atoms with Crippen LogP contribution in [0.15, 0.2) is 53.4 Å². The summed E-state index contributed by atoms with van der Waals surface area (Å²) in [6.45, 7) is 3.50. The Morgan fingerprint density at radius 1 is 1.03 bits per heavy atom. The summed E-state index contributed by atoms with van der Waals surface area (Å²) in [5.74, 6) is -1.58. The fraction of sp³-hybridized carbons (Fsp3) is 0.318. The van der Waals surface area contributed by atoms with E-state index in [-0.39, 0.29) is 16.5 Å². The summed E-state index contributed by atoms with van der Waals surface area (Å²) in [7, 11) is -3.72. The maximum Gasteiger partial charge on any atom is 0.338 e. The third-order valence-electron chi connectivity index (χ3n) is 4.83. The van der Waals surface area contributed by atoms with Gasteiger partial charge in [0, 0.05) is 19.1 Å². The Kier molecular flexibility index (Phi) is 7.26. The minimum Gasteiger partial charge on any atom is -0.452 e. The van der Waals surface area contributed by atoms with Crippen molar-refractivity contribution in [3.05, 3.63) is 65.2 Å². The number of carbonyl (C=O) groups excluding carboxylic acids is 3. The zero-order valence-corrected chi connectivity index (χ0v) is 18.6. The molecule has 0 saturated carbocycles. The molecule has 1 aliphatic rings. The first kappa shape index (κ1) is 23.4. The Bertz CT molecular complexity index is 1110. The Morgan fingerprint density at radius 2 is 1.69 bits per heavy atom. The van der Waals surface area contributed by atoms with Gasteiger partial charge in [-0.25, -0.2) is 18.0 Å². The normalized spacial score (nSPS) is 13.8. The maximum absolute atomic E-state index is 13.0. The number of amides is 3. The lowest BCUT2D eigenvalue weighted by Gasteiger charge is -2.28. The third-order valence-corrected chi connectivity index (χ3v) is 6.69. The Hall–Kier alpha value is -3.24. The fourth-order valence-electron chi connectivity index (χ4n) is 3.26. The van der Waals surface area contributed by atoms with Crippen LogP contribution in [0, 0.1) is 0 Å². The summed E-state index contributed by atoms with van der Waals surface area (Å²) in [6, 6.07) is 12.2. The number of sulfonamides is 1. The van der Waals surface area contributed by atoms with E-state index < -0.39 is 34.5 Å². The van der Waals surface area contributed by atoms with Gasteiger partial charge in [-0.2, -0.15) is 4.31 Å². The standard InChI is InChI=1S/C22H25N3O6S/c1-15(2)23-22(28)24-20(26)14-31-21(27)17-7-9-19(10-8-17)32(29,30)25-12-11-16-5-3-4-6-18(16)13-25/h3-10,15H,11-14H2,1-2H3,(H2,23,24,26,28). The lowest BCUT2D eigenvalue weighted by molar-refractivity contribution is -0.123. The van der Waals surface area contributed by atoms with Gasteiger partial charge in [0.1, 0.15) is 0 Å². The zero-order chi connectivity index (χ0) is 23.3. The SMILES string of the molecule is CC(C)NC(=O)NC(=O)COC(=O)c1ccc(S(=O)(=O)N2CCc3ccccc3C2)cc1. The van der Waals surface area contributed by atoms with E-state index in [1.54, 1.807) is 13.8 Å². The molecule has 0 atom stereocenters. The Labute approximate surface area is 186 Å². The van der Waals surface area contributed by atoms with Crippen LogP contribution in [-0.4, -0.2) is 49.8 Å². The molecule has 0 saturated heterocycles. The number of ether oxygens (including phenoxy) is 1. The van der Waals surface area contributed by atoms with E-state index >= 15 is 0 Å². The van der Waals surface area contributed by atoms with E-state index in [9.17, 15) is 22.8 Å². The van der Waals surface area contributed by atoms with E-state index in [0.717, 1.165) is 11.1 Å². The molecule has 0 fully saturated rings. The van der Waals surface area contributed by atoms with Crippen LogP contribution in [0.1, 0.15) is 35.3 Å². The molecule has 2 aromatic carbocycles. The summed E-state index contributed by atoms with van der Waals surface area (Å²) in [6.07, 6.45) is 0.636. The number of urea groups is 1. The van der Waals surface area contributed by atoms with E-state index in [1.807, 2.05) is 29.6 Å². The van der Waals surface area contributed by atoms with Crippen LogP contribution in [0.2, 0.25) is 0 Å². The van der Waals surface area contributed by atoms with Crippen LogP contribution in [0.25, 0.3) is 0 Å². The van der Waals surface area contributed by atoms with Crippen molar-refractivity contribution in [3.8, 4) is 0 Å². The number of carbonyl (C=O) groups is 3. The number of imide groups is 1. The molecule has 0 aliphatic carbocycles. The predicted molar refractivity (Wildman–Crippen MR) is 116 cm³/mol. The van der Waals surface area contributed by atoms with E-state index in [4.69, 9.17) is 4.74 Å². The first-order valence-corrected chi connectivity index (χ1v) is 11.6. The average Bonchev–Trinajstić information content (AvgIpc) is 2.76. The van der Waals surface area contributed by atoms with Gasteiger partial charge in [-0.1, -0.05) is 24.3 Å². The van der Waals surface area contributed by atoms with Crippen molar-refractivity contribution in [3.63, 3.8) is 0 Å². The summed E-state index contributed by atoms with van der Waals surface area (Å²) >= 11 is 0. The van der Waals surface area contributed by atoms with Gasteiger partial charge in [0.2, 0.25) is 10.0 Å². The topological polar surface area (TPSA) is 122 Å². The number of rotatable bonds is 6. The maximum atomic E-state index is 13.0. The van der Waals surface area contributed by atoms with E-state index in [0.29, 0.717) is 19.5 Å². The molecule has 10 heteroatoms. The van der Waals surface area contributed by atoms with Gasteiger partial charge < -0.3 is 10.1 Å². The van der Waals surface area contributed by atoms with Gasteiger partial charge >= 0.3 is 12.0 Å². The molecule has 1 aliphatic heterocycles. The molecular weight excluding hydrogens is 434 g/mol. The summed E-state index contributed by atoms with van der Waals surface area (Å²) in [5.41, 5.74) is 2.21. The summed E-state index contributed by atoms with van der Waals surface area (Å²) in [5, 5.41) is 4.51. The lowest BCUT2D eigenvalue weighted by atomic mass is 10.0. The monoisotopic (exact) mass is 459 g/mol. The molecule has 0 aromatic heterocycles. The number of esters is 1. The first-order valence-electron chi connectivity index (χ1n) is 10.1. The van der Waals surface area contributed by atoms with Gasteiger partial charge in [-0.05, 0) is 55.7 Å². The van der Waals surface area contributed by atoms with E-state index in [2.05, 4.69) is 5.32 Å². The molecule has 3 rings (SSSR count). The molecule has 170 valence electrons. The Balaban J connectivity index is 1.59. The molecule has 0 radical (unpaired) electrons. The number of hydrogen-bond donors (Lipinski definition) is 2. The smallest absolute Gasteiger partial charge is 0.338 e. The van der Waals surface area contributed by atoms with Crippen LogP contribution >= 0.6 is 0 Å². The van der Waals surface area contributed by atoms with E-state index in [1.165, 1.54) is 28.6 Å². The average molecular weight is 460 g/mol. The highest BCUT2D eigenvalue weighted by atomic mass is 32.2. The van der Waals surface area contributed by atoms with Gasteiger partial charge in [-0.3, -0.25) is 10.1 Å². The third kappa shape index (κ3) is 5.71. The molecule has 1 heterocycles. The Morgan fingerprint density at radius 3 is 2.34 bits per heavy atom. The van der Waals surface area contributed by atoms with Crippen molar-refractivity contribution < 1.29 is 27.5 Å². The predicted octanol–water partition coefficient (Wildman–Crippen LogP) is 1.82. The zero-order valence-electron chi connectivity index (χ0n) is 17.8. The second-order valence-electron chi connectivity index (χ2n) is 7.63.